The zero-order valence-electron chi connectivity index (χ0n) is 12.6. The van der Waals surface area contributed by atoms with Crippen molar-refractivity contribution >= 4 is 12.2 Å². The van der Waals surface area contributed by atoms with Gasteiger partial charge < -0.3 is 14.8 Å². The summed E-state index contributed by atoms with van der Waals surface area (Å²) in [5.41, 5.74) is 1.70. The van der Waals surface area contributed by atoms with Crippen LogP contribution in [0.25, 0.3) is 12.2 Å². The lowest BCUT2D eigenvalue weighted by Crippen LogP contribution is -2.31. The van der Waals surface area contributed by atoms with E-state index in [0.717, 1.165) is 36.9 Å². The molecule has 1 aromatic carbocycles. The first-order chi connectivity index (χ1) is 10.7. The first-order valence-corrected chi connectivity index (χ1v) is 7.65. The van der Waals surface area contributed by atoms with E-state index in [4.69, 9.17) is 4.74 Å². The van der Waals surface area contributed by atoms with Crippen LogP contribution in [-0.4, -0.2) is 21.3 Å². The predicted molar refractivity (Wildman–Crippen MR) is 85.5 cm³/mol. The van der Waals surface area contributed by atoms with Gasteiger partial charge in [0.05, 0.1) is 6.61 Å². The molecular formula is C17H20N2O3. The van der Waals surface area contributed by atoms with Crippen molar-refractivity contribution in [1.82, 2.24) is 9.55 Å². The molecule has 0 atom stereocenters. The molecule has 0 spiro atoms. The number of H-pyrrole nitrogens is 1. The predicted octanol–water partition coefficient (Wildman–Crippen LogP) is 1.07. The molecule has 2 heterocycles. The lowest BCUT2D eigenvalue weighted by atomic mass is 10.2. The minimum Gasteiger partial charge on any atom is -0.504 e. The van der Waals surface area contributed by atoms with Crippen LogP contribution >= 0.6 is 0 Å². The highest BCUT2D eigenvalue weighted by Crippen LogP contribution is 2.26. The van der Waals surface area contributed by atoms with Gasteiger partial charge in [-0.25, -0.2) is 0 Å². The number of rotatable bonds is 3. The highest BCUT2D eigenvalue weighted by molar-refractivity contribution is 5.54. The van der Waals surface area contributed by atoms with E-state index in [9.17, 15) is 9.90 Å². The molecule has 1 aromatic heterocycles. The maximum atomic E-state index is 12.4. The Morgan fingerprint density at radius 3 is 3.09 bits per heavy atom. The maximum absolute atomic E-state index is 12.4. The van der Waals surface area contributed by atoms with E-state index in [1.807, 2.05) is 6.92 Å². The minimum atomic E-state index is -0.000755. The van der Waals surface area contributed by atoms with Crippen molar-refractivity contribution in [3.63, 3.8) is 0 Å². The summed E-state index contributed by atoms with van der Waals surface area (Å²) in [5, 5.41) is 10.3. The molecule has 0 aliphatic carbocycles. The first-order valence-electron chi connectivity index (χ1n) is 7.65. The van der Waals surface area contributed by atoms with Crippen LogP contribution in [0.2, 0.25) is 0 Å². The Hall–Kier alpha value is -2.43. The van der Waals surface area contributed by atoms with Crippen molar-refractivity contribution in [1.29, 1.82) is 0 Å². The molecule has 0 unspecified atom stereocenters. The number of nitrogens with zero attached hydrogens (tertiary/aromatic N) is 1. The summed E-state index contributed by atoms with van der Waals surface area (Å²) in [5.74, 6) is 0.530. The van der Waals surface area contributed by atoms with Crippen LogP contribution in [0.5, 0.6) is 11.5 Å². The molecule has 0 amide bonds. The topological polar surface area (TPSA) is 67.2 Å². The molecule has 0 saturated carbocycles. The van der Waals surface area contributed by atoms with Crippen LogP contribution in [0.4, 0.5) is 0 Å². The van der Waals surface area contributed by atoms with Gasteiger partial charge in [0.15, 0.2) is 11.5 Å². The van der Waals surface area contributed by atoms with Gasteiger partial charge >= 0.3 is 0 Å². The first kappa shape index (κ1) is 14.5. The number of phenols is 1. The molecular weight excluding hydrogens is 280 g/mol. The van der Waals surface area contributed by atoms with Crippen LogP contribution < -0.4 is 21.1 Å². The summed E-state index contributed by atoms with van der Waals surface area (Å²) < 4.78 is 7.17. The van der Waals surface area contributed by atoms with E-state index in [-0.39, 0.29) is 11.3 Å². The number of aromatic nitrogens is 2. The van der Waals surface area contributed by atoms with Gasteiger partial charge in [-0.1, -0.05) is 6.07 Å². The Balaban J connectivity index is 2.08. The van der Waals surface area contributed by atoms with E-state index in [2.05, 4.69) is 11.1 Å². The zero-order chi connectivity index (χ0) is 15.5. The fraction of sp³-hybridized carbons (Fsp3) is 0.353. The second-order valence-corrected chi connectivity index (χ2v) is 5.39. The molecule has 22 heavy (non-hydrogen) atoms. The standard InChI is InChI=1S/C17H20N2O3/c1-2-22-15-11-12(7-8-14(15)20)10-13-17(21)19-9-5-3-4-6-16(19)18-13/h6-8,10-11,18,20H,2-5,9H2,1H3/b13-10-. The van der Waals surface area contributed by atoms with E-state index >= 15 is 0 Å². The normalized spacial score (nSPS) is 15.0. The Bertz CT molecular complexity index is 846. The summed E-state index contributed by atoms with van der Waals surface area (Å²) in [6.07, 6.45) is 7.00. The lowest BCUT2D eigenvalue weighted by Gasteiger charge is -2.05. The van der Waals surface area contributed by atoms with Gasteiger partial charge in [-0.05, 0) is 56.0 Å². The van der Waals surface area contributed by atoms with Gasteiger partial charge in [-0.15, -0.1) is 0 Å². The average molecular weight is 300 g/mol. The van der Waals surface area contributed by atoms with E-state index < -0.39 is 0 Å². The van der Waals surface area contributed by atoms with Gasteiger partial charge in [-0.2, -0.15) is 0 Å². The van der Waals surface area contributed by atoms with Gasteiger partial charge in [-0.3, -0.25) is 9.36 Å². The van der Waals surface area contributed by atoms with Crippen LogP contribution in [0.15, 0.2) is 23.0 Å². The summed E-state index contributed by atoms with van der Waals surface area (Å²) in [7, 11) is 0. The maximum Gasteiger partial charge on any atom is 0.275 e. The van der Waals surface area contributed by atoms with Crippen molar-refractivity contribution in [2.24, 2.45) is 0 Å². The van der Waals surface area contributed by atoms with Crippen LogP contribution in [0, 0.1) is 0 Å². The molecule has 2 N–H and O–H groups in total. The minimum absolute atomic E-state index is 0.000755. The quantitative estimate of drug-likeness (QED) is 0.891. The average Bonchev–Trinajstić information content (AvgIpc) is 2.68. The number of aromatic amines is 1. The number of nitrogens with one attached hydrogen (secondary N) is 1. The molecule has 0 radical (unpaired) electrons. The third-order valence-electron chi connectivity index (χ3n) is 3.80. The van der Waals surface area contributed by atoms with Gasteiger partial charge in [0.1, 0.15) is 10.8 Å². The highest BCUT2D eigenvalue weighted by atomic mass is 16.5. The molecule has 0 saturated heterocycles. The second kappa shape index (κ2) is 6.13. The number of benzene rings is 1. The van der Waals surface area contributed by atoms with Crippen molar-refractivity contribution in [2.75, 3.05) is 6.61 Å². The Morgan fingerprint density at radius 1 is 1.41 bits per heavy atom. The fourth-order valence-electron chi connectivity index (χ4n) is 2.71. The Morgan fingerprint density at radius 2 is 2.27 bits per heavy atom. The molecule has 2 aromatic rings. The fourth-order valence-corrected chi connectivity index (χ4v) is 2.71. The lowest BCUT2D eigenvalue weighted by molar-refractivity contribution is 0.318. The summed E-state index contributed by atoms with van der Waals surface area (Å²) >= 11 is 0. The number of hydrogen-bond donors (Lipinski definition) is 2. The van der Waals surface area contributed by atoms with Crippen LogP contribution in [0.3, 0.4) is 0 Å². The summed E-state index contributed by atoms with van der Waals surface area (Å²) in [6, 6.07) is 5.07. The largest absolute Gasteiger partial charge is 0.504 e. The SMILES string of the molecule is CCOc1cc(/C=c2\[nH]c3n(c2=O)CCCCC=3)ccc1O. The second-order valence-electron chi connectivity index (χ2n) is 5.39. The molecule has 1 aliphatic heterocycles. The third kappa shape index (κ3) is 2.79. The molecule has 5 nitrogen and oxygen atoms in total. The van der Waals surface area contributed by atoms with E-state index in [1.54, 1.807) is 28.8 Å². The van der Waals surface area contributed by atoms with Crippen molar-refractivity contribution < 1.29 is 9.84 Å². The van der Waals surface area contributed by atoms with Crippen molar-refractivity contribution in [2.45, 2.75) is 32.7 Å². The number of fused-ring (bicyclic) bond motifs is 1. The Labute approximate surface area is 128 Å². The highest BCUT2D eigenvalue weighted by Gasteiger charge is 2.07. The van der Waals surface area contributed by atoms with Crippen molar-refractivity contribution in [3.8, 4) is 11.5 Å². The molecule has 0 fully saturated rings. The van der Waals surface area contributed by atoms with Gasteiger partial charge in [0.25, 0.3) is 5.56 Å². The molecule has 116 valence electrons. The third-order valence-corrected chi connectivity index (χ3v) is 3.80. The van der Waals surface area contributed by atoms with Crippen LogP contribution in [0.1, 0.15) is 31.7 Å². The Kier molecular flexibility index (Phi) is 4.04. The molecule has 1 aliphatic rings. The number of aromatic hydroxyl groups is 1. The number of phenolic OH excluding ortho intramolecular Hbond substituents is 1. The zero-order valence-corrected chi connectivity index (χ0v) is 12.6. The smallest absolute Gasteiger partial charge is 0.275 e. The molecule has 3 rings (SSSR count). The molecule has 0 bridgehead atoms. The summed E-state index contributed by atoms with van der Waals surface area (Å²) in [6.45, 7) is 3.10. The summed E-state index contributed by atoms with van der Waals surface area (Å²) in [4.78, 5) is 15.6. The van der Waals surface area contributed by atoms with E-state index in [0.29, 0.717) is 17.7 Å². The monoisotopic (exact) mass is 300 g/mol. The number of hydrogen-bond acceptors (Lipinski definition) is 3. The van der Waals surface area contributed by atoms with Gasteiger partial charge in [0.2, 0.25) is 0 Å². The number of ether oxygens (including phenoxy) is 1. The molecule has 5 heteroatoms. The van der Waals surface area contributed by atoms with E-state index in [1.165, 1.54) is 0 Å². The van der Waals surface area contributed by atoms with Crippen LogP contribution in [-0.2, 0) is 6.54 Å². The number of imidazole rings is 1. The van der Waals surface area contributed by atoms with Gasteiger partial charge in [0, 0.05) is 6.54 Å². The van der Waals surface area contributed by atoms with Crippen molar-refractivity contribution in [3.05, 3.63) is 44.9 Å².